The van der Waals surface area contributed by atoms with E-state index < -0.39 is 0 Å². The fourth-order valence-corrected chi connectivity index (χ4v) is 2.62. The number of hydrogen-bond donors (Lipinski definition) is 0. The Hall–Kier alpha value is -0.870. The molecular formula is C12H13BrN2O. The molecule has 0 atom stereocenters. The second-order valence-corrected chi connectivity index (χ2v) is 4.94. The van der Waals surface area contributed by atoms with Gasteiger partial charge in [-0.3, -0.25) is 0 Å². The smallest absolute Gasteiger partial charge is 0.108 e. The Balaban J connectivity index is 2.05. The van der Waals surface area contributed by atoms with Gasteiger partial charge in [0.05, 0.1) is 5.52 Å². The molecule has 4 heteroatoms. The van der Waals surface area contributed by atoms with Gasteiger partial charge >= 0.3 is 0 Å². The fourth-order valence-electron chi connectivity index (χ4n) is 2.31. The largest absolute Gasteiger partial charge is 0.381 e. The van der Waals surface area contributed by atoms with Crippen molar-refractivity contribution in [2.45, 2.75) is 18.9 Å². The molecule has 16 heavy (non-hydrogen) atoms. The highest BCUT2D eigenvalue weighted by Gasteiger charge is 2.16. The zero-order valence-electron chi connectivity index (χ0n) is 8.90. The average Bonchev–Trinajstić information content (AvgIpc) is 2.73. The zero-order valence-corrected chi connectivity index (χ0v) is 10.5. The van der Waals surface area contributed by atoms with Gasteiger partial charge in [0.1, 0.15) is 4.60 Å². The third-order valence-corrected chi connectivity index (χ3v) is 3.59. The van der Waals surface area contributed by atoms with Crippen LogP contribution in [-0.2, 0) is 4.74 Å². The Bertz CT molecular complexity index is 503. The van der Waals surface area contributed by atoms with Crippen LogP contribution in [0.2, 0.25) is 0 Å². The number of pyridine rings is 1. The molecule has 84 valence electrons. The Morgan fingerprint density at radius 1 is 1.38 bits per heavy atom. The van der Waals surface area contributed by atoms with Crippen molar-refractivity contribution in [3.8, 4) is 0 Å². The quantitative estimate of drug-likeness (QED) is 0.751. The van der Waals surface area contributed by atoms with Crippen molar-refractivity contribution in [3.05, 3.63) is 29.1 Å². The van der Waals surface area contributed by atoms with Crippen molar-refractivity contribution in [1.29, 1.82) is 0 Å². The van der Waals surface area contributed by atoms with Crippen molar-refractivity contribution in [2.75, 3.05) is 13.2 Å². The Labute approximate surface area is 103 Å². The lowest BCUT2D eigenvalue weighted by molar-refractivity contribution is 0.0707. The molecule has 2 aromatic heterocycles. The predicted octanol–water partition coefficient (Wildman–Crippen LogP) is 3.15. The summed E-state index contributed by atoms with van der Waals surface area (Å²) in [6.45, 7) is 1.74. The van der Waals surface area contributed by atoms with Gasteiger partial charge in [0.2, 0.25) is 0 Å². The normalized spacial score (nSPS) is 18.1. The van der Waals surface area contributed by atoms with E-state index in [-0.39, 0.29) is 0 Å². The van der Waals surface area contributed by atoms with Gasteiger partial charge in [-0.05, 0) is 40.9 Å². The van der Waals surface area contributed by atoms with Crippen molar-refractivity contribution in [2.24, 2.45) is 0 Å². The molecule has 1 fully saturated rings. The molecule has 1 saturated heterocycles. The summed E-state index contributed by atoms with van der Waals surface area (Å²) in [5, 5.41) is 1.20. The van der Waals surface area contributed by atoms with E-state index in [1.807, 2.05) is 6.20 Å². The summed E-state index contributed by atoms with van der Waals surface area (Å²) < 4.78 is 8.65. The maximum Gasteiger partial charge on any atom is 0.108 e. The summed E-state index contributed by atoms with van der Waals surface area (Å²) in [5.74, 6) is 0. The number of aromatic nitrogens is 2. The summed E-state index contributed by atoms with van der Waals surface area (Å²) in [7, 11) is 0. The van der Waals surface area contributed by atoms with Gasteiger partial charge in [-0.1, -0.05) is 0 Å². The SMILES string of the molecule is Brc1cc2c(ccn2C2CCOCC2)cn1. The van der Waals surface area contributed by atoms with Crippen LogP contribution in [0.15, 0.2) is 29.1 Å². The van der Waals surface area contributed by atoms with E-state index in [2.05, 4.69) is 43.8 Å². The molecule has 0 unspecified atom stereocenters. The molecule has 0 aliphatic carbocycles. The second kappa shape index (κ2) is 4.18. The Kier molecular flexibility index (Phi) is 2.69. The van der Waals surface area contributed by atoms with Crippen LogP contribution in [0.25, 0.3) is 10.9 Å². The molecular weight excluding hydrogens is 268 g/mol. The molecule has 2 aromatic rings. The maximum atomic E-state index is 5.40. The molecule has 3 rings (SSSR count). The minimum atomic E-state index is 0.570. The lowest BCUT2D eigenvalue weighted by Gasteiger charge is -2.24. The van der Waals surface area contributed by atoms with Gasteiger partial charge in [0, 0.05) is 37.0 Å². The summed E-state index contributed by atoms with van der Waals surface area (Å²) >= 11 is 3.43. The maximum absolute atomic E-state index is 5.40. The lowest BCUT2D eigenvalue weighted by Crippen LogP contribution is -2.18. The highest BCUT2D eigenvalue weighted by molar-refractivity contribution is 9.10. The van der Waals surface area contributed by atoms with Crippen molar-refractivity contribution >= 4 is 26.8 Å². The van der Waals surface area contributed by atoms with Crippen LogP contribution in [0, 0.1) is 0 Å². The molecule has 1 aliphatic rings. The van der Waals surface area contributed by atoms with E-state index >= 15 is 0 Å². The minimum absolute atomic E-state index is 0.570. The monoisotopic (exact) mass is 280 g/mol. The number of nitrogens with zero attached hydrogens (tertiary/aromatic N) is 2. The van der Waals surface area contributed by atoms with Crippen LogP contribution in [0.4, 0.5) is 0 Å². The summed E-state index contributed by atoms with van der Waals surface area (Å²) in [6, 6.07) is 4.79. The van der Waals surface area contributed by atoms with E-state index in [0.717, 1.165) is 30.7 Å². The molecule has 3 heterocycles. The number of hydrogen-bond acceptors (Lipinski definition) is 2. The fraction of sp³-hybridized carbons (Fsp3) is 0.417. The van der Waals surface area contributed by atoms with Crippen molar-refractivity contribution < 1.29 is 4.74 Å². The van der Waals surface area contributed by atoms with E-state index in [0.29, 0.717) is 6.04 Å². The molecule has 3 nitrogen and oxygen atoms in total. The van der Waals surface area contributed by atoms with Crippen LogP contribution in [0.3, 0.4) is 0 Å². The first-order chi connectivity index (χ1) is 7.84. The average molecular weight is 281 g/mol. The zero-order chi connectivity index (χ0) is 11.0. The van der Waals surface area contributed by atoms with Crippen LogP contribution < -0.4 is 0 Å². The predicted molar refractivity (Wildman–Crippen MR) is 66.5 cm³/mol. The van der Waals surface area contributed by atoms with Crippen molar-refractivity contribution in [1.82, 2.24) is 9.55 Å². The van der Waals surface area contributed by atoms with E-state index in [1.165, 1.54) is 10.9 Å². The van der Waals surface area contributed by atoms with Gasteiger partial charge in [0.15, 0.2) is 0 Å². The molecule has 1 aliphatic heterocycles. The van der Waals surface area contributed by atoms with Gasteiger partial charge in [-0.2, -0.15) is 0 Å². The first kappa shape index (κ1) is 10.3. The second-order valence-electron chi connectivity index (χ2n) is 4.13. The number of fused-ring (bicyclic) bond motifs is 1. The standard InChI is InChI=1S/C12H13BrN2O/c13-12-7-11-9(8-14-12)1-4-15(11)10-2-5-16-6-3-10/h1,4,7-8,10H,2-3,5-6H2. The number of rotatable bonds is 1. The van der Waals surface area contributed by atoms with Gasteiger partial charge < -0.3 is 9.30 Å². The van der Waals surface area contributed by atoms with E-state index in [9.17, 15) is 0 Å². The van der Waals surface area contributed by atoms with Crippen LogP contribution >= 0.6 is 15.9 Å². The van der Waals surface area contributed by atoms with Crippen LogP contribution in [0.5, 0.6) is 0 Å². The van der Waals surface area contributed by atoms with E-state index in [1.54, 1.807) is 0 Å². The molecule has 0 bridgehead atoms. The Morgan fingerprint density at radius 2 is 2.19 bits per heavy atom. The number of ether oxygens (including phenoxy) is 1. The van der Waals surface area contributed by atoms with Crippen molar-refractivity contribution in [3.63, 3.8) is 0 Å². The minimum Gasteiger partial charge on any atom is -0.381 e. The van der Waals surface area contributed by atoms with Gasteiger partial charge in [0.25, 0.3) is 0 Å². The van der Waals surface area contributed by atoms with Crippen LogP contribution in [-0.4, -0.2) is 22.8 Å². The third-order valence-electron chi connectivity index (χ3n) is 3.16. The lowest BCUT2D eigenvalue weighted by atomic mass is 10.1. The highest BCUT2D eigenvalue weighted by atomic mass is 79.9. The third kappa shape index (κ3) is 1.76. The molecule has 0 saturated carbocycles. The summed E-state index contributed by atoms with van der Waals surface area (Å²) in [4.78, 5) is 4.24. The highest BCUT2D eigenvalue weighted by Crippen LogP contribution is 2.27. The summed E-state index contributed by atoms with van der Waals surface area (Å²) in [6.07, 6.45) is 6.28. The topological polar surface area (TPSA) is 27.1 Å². The van der Waals surface area contributed by atoms with Gasteiger partial charge in [-0.25, -0.2) is 4.98 Å². The molecule has 0 amide bonds. The molecule has 0 radical (unpaired) electrons. The molecule has 0 aromatic carbocycles. The van der Waals surface area contributed by atoms with E-state index in [4.69, 9.17) is 4.74 Å². The molecule has 0 spiro atoms. The first-order valence-electron chi connectivity index (χ1n) is 5.54. The van der Waals surface area contributed by atoms with Crippen LogP contribution in [0.1, 0.15) is 18.9 Å². The Morgan fingerprint density at radius 3 is 3.00 bits per heavy atom. The number of halogens is 1. The molecule has 0 N–H and O–H groups in total. The van der Waals surface area contributed by atoms with Gasteiger partial charge in [-0.15, -0.1) is 0 Å². The summed E-state index contributed by atoms with van der Waals surface area (Å²) in [5.41, 5.74) is 1.26. The first-order valence-corrected chi connectivity index (χ1v) is 6.34.